The number of carboxylic acids is 1. The molecule has 1 N–H and O–H groups in total. The van der Waals surface area contributed by atoms with Gasteiger partial charge in [0.25, 0.3) is 0 Å². The largest absolute Gasteiger partial charge is 0.478 e. The van der Waals surface area contributed by atoms with Gasteiger partial charge < -0.3 is 9.84 Å². The van der Waals surface area contributed by atoms with Crippen LogP contribution >= 0.6 is 0 Å². The van der Waals surface area contributed by atoms with E-state index in [1.54, 1.807) is 25.1 Å². The molecule has 0 aliphatic rings. The van der Waals surface area contributed by atoms with Crippen molar-refractivity contribution in [3.8, 4) is 11.1 Å². The number of carbonyl (C=O) groups is 2. The maximum atomic E-state index is 11.7. The lowest BCUT2D eigenvalue weighted by atomic mass is 9.96. The van der Waals surface area contributed by atoms with Crippen molar-refractivity contribution in [3.05, 3.63) is 58.7 Å². The Morgan fingerprint density at radius 1 is 0.905 bits per heavy atom. The molecule has 0 bridgehead atoms. The first kappa shape index (κ1) is 14.8. The number of aromatic carboxylic acids is 1. The minimum Gasteiger partial charge on any atom is -0.478 e. The maximum Gasteiger partial charge on any atom is 0.338 e. The third-order valence-corrected chi connectivity index (χ3v) is 3.44. The molecule has 4 nitrogen and oxygen atoms in total. The van der Waals surface area contributed by atoms with Crippen LogP contribution in [0.1, 0.15) is 31.8 Å². The normalized spacial score (nSPS) is 10.2. The molecule has 0 radical (unpaired) electrons. The topological polar surface area (TPSA) is 63.6 Å². The molecule has 2 aromatic rings. The molecule has 0 saturated carbocycles. The molecule has 0 aliphatic carbocycles. The monoisotopic (exact) mass is 284 g/mol. The summed E-state index contributed by atoms with van der Waals surface area (Å²) in [5, 5.41) is 9.19. The third-order valence-electron chi connectivity index (χ3n) is 3.44. The number of aryl methyl sites for hydroxylation is 2. The summed E-state index contributed by atoms with van der Waals surface area (Å²) in [5.74, 6) is -1.37. The first-order chi connectivity index (χ1) is 9.93. The molecule has 0 aliphatic heterocycles. The van der Waals surface area contributed by atoms with E-state index in [1.807, 2.05) is 25.1 Å². The fourth-order valence-corrected chi connectivity index (χ4v) is 2.16. The molecule has 0 heterocycles. The van der Waals surface area contributed by atoms with Crippen molar-refractivity contribution in [2.75, 3.05) is 7.11 Å². The minimum absolute atomic E-state index is 0.257. The van der Waals surface area contributed by atoms with Crippen LogP contribution in [-0.2, 0) is 4.74 Å². The molecule has 0 fully saturated rings. The highest BCUT2D eigenvalue weighted by molar-refractivity contribution is 5.94. The number of hydrogen-bond donors (Lipinski definition) is 1. The van der Waals surface area contributed by atoms with E-state index < -0.39 is 11.9 Å². The second-order valence-electron chi connectivity index (χ2n) is 4.86. The van der Waals surface area contributed by atoms with Gasteiger partial charge in [-0.3, -0.25) is 0 Å². The average molecular weight is 284 g/mol. The predicted octanol–water partition coefficient (Wildman–Crippen LogP) is 3.46. The average Bonchev–Trinajstić information content (AvgIpc) is 2.47. The van der Waals surface area contributed by atoms with Gasteiger partial charge in [-0.05, 0) is 48.2 Å². The van der Waals surface area contributed by atoms with E-state index in [9.17, 15) is 14.7 Å². The van der Waals surface area contributed by atoms with Crippen LogP contribution in [0.25, 0.3) is 11.1 Å². The summed E-state index contributed by atoms with van der Waals surface area (Å²) in [5.41, 5.74) is 3.79. The van der Waals surface area contributed by atoms with Crippen molar-refractivity contribution in [2.45, 2.75) is 13.8 Å². The van der Waals surface area contributed by atoms with Gasteiger partial charge in [0.05, 0.1) is 18.2 Å². The van der Waals surface area contributed by atoms with Gasteiger partial charge >= 0.3 is 11.9 Å². The van der Waals surface area contributed by atoms with Crippen LogP contribution in [0, 0.1) is 13.8 Å². The highest BCUT2D eigenvalue weighted by Gasteiger charge is 2.13. The lowest BCUT2D eigenvalue weighted by molar-refractivity contribution is 0.0599. The SMILES string of the molecule is COC(=O)c1cc(-c2ccc(C)c(C(=O)O)c2)ccc1C. The van der Waals surface area contributed by atoms with Gasteiger partial charge in [0.2, 0.25) is 0 Å². The molecule has 0 saturated heterocycles. The number of carboxylic acid groups (broad SMARTS) is 1. The summed E-state index contributed by atoms with van der Waals surface area (Å²) in [7, 11) is 1.34. The highest BCUT2D eigenvalue weighted by Crippen LogP contribution is 2.25. The molecule has 21 heavy (non-hydrogen) atoms. The van der Waals surface area contributed by atoms with Crippen LogP contribution < -0.4 is 0 Å². The highest BCUT2D eigenvalue weighted by atomic mass is 16.5. The Hall–Kier alpha value is -2.62. The molecule has 0 spiro atoms. The van der Waals surface area contributed by atoms with Crippen molar-refractivity contribution in [2.24, 2.45) is 0 Å². The molecule has 0 atom stereocenters. The van der Waals surface area contributed by atoms with Gasteiger partial charge in [0.1, 0.15) is 0 Å². The zero-order valence-corrected chi connectivity index (χ0v) is 12.1. The van der Waals surface area contributed by atoms with E-state index in [0.29, 0.717) is 11.1 Å². The van der Waals surface area contributed by atoms with Crippen molar-refractivity contribution >= 4 is 11.9 Å². The van der Waals surface area contributed by atoms with E-state index in [2.05, 4.69) is 0 Å². The van der Waals surface area contributed by atoms with Crippen molar-refractivity contribution < 1.29 is 19.4 Å². The maximum absolute atomic E-state index is 11.7. The Morgan fingerprint density at radius 2 is 1.38 bits per heavy atom. The number of benzene rings is 2. The quantitative estimate of drug-likeness (QED) is 0.877. The van der Waals surface area contributed by atoms with Crippen LogP contribution in [0.5, 0.6) is 0 Å². The lowest BCUT2D eigenvalue weighted by Crippen LogP contribution is -2.04. The fraction of sp³-hybridized carbons (Fsp3) is 0.176. The zero-order chi connectivity index (χ0) is 15.6. The van der Waals surface area contributed by atoms with Gasteiger partial charge in [0.15, 0.2) is 0 Å². The number of rotatable bonds is 3. The van der Waals surface area contributed by atoms with Crippen molar-refractivity contribution in [1.82, 2.24) is 0 Å². The Bertz CT molecular complexity index is 717. The number of ether oxygens (including phenoxy) is 1. The van der Waals surface area contributed by atoms with E-state index in [4.69, 9.17) is 4.74 Å². The summed E-state index contributed by atoms with van der Waals surface area (Å²) in [6.45, 7) is 3.58. The van der Waals surface area contributed by atoms with Crippen LogP contribution in [-0.4, -0.2) is 24.2 Å². The summed E-state index contributed by atoms with van der Waals surface area (Å²) >= 11 is 0. The van der Waals surface area contributed by atoms with E-state index >= 15 is 0 Å². The van der Waals surface area contributed by atoms with Crippen LogP contribution in [0.3, 0.4) is 0 Å². The minimum atomic E-state index is -0.963. The molecule has 0 unspecified atom stereocenters. The second kappa shape index (κ2) is 5.79. The molecule has 108 valence electrons. The zero-order valence-electron chi connectivity index (χ0n) is 12.1. The van der Waals surface area contributed by atoms with Gasteiger partial charge in [-0.25, -0.2) is 9.59 Å². The number of carbonyl (C=O) groups excluding carboxylic acids is 1. The van der Waals surface area contributed by atoms with Crippen LogP contribution in [0.4, 0.5) is 0 Å². The summed E-state index contributed by atoms with van der Waals surface area (Å²) < 4.78 is 4.76. The first-order valence-electron chi connectivity index (χ1n) is 6.47. The first-order valence-corrected chi connectivity index (χ1v) is 6.47. The van der Waals surface area contributed by atoms with E-state index in [1.165, 1.54) is 7.11 Å². The molecule has 2 aromatic carbocycles. The second-order valence-corrected chi connectivity index (χ2v) is 4.86. The lowest BCUT2D eigenvalue weighted by Gasteiger charge is -2.09. The molecule has 2 rings (SSSR count). The summed E-state index contributed by atoms with van der Waals surface area (Å²) in [6, 6.07) is 10.6. The Morgan fingerprint density at radius 3 is 1.86 bits per heavy atom. The third kappa shape index (κ3) is 2.94. The molecular weight excluding hydrogens is 268 g/mol. The smallest absolute Gasteiger partial charge is 0.338 e. The van der Waals surface area contributed by atoms with E-state index in [-0.39, 0.29) is 5.56 Å². The van der Waals surface area contributed by atoms with Gasteiger partial charge in [-0.15, -0.1) is 0 Å². The van der Waals surface area contributed by atoms with Crippen molar-refractivity contribution in [1.29, 1.82) is 0 Å². The fourth-order valence-electron chi connectivity index (χ4n) is 2.16. The Balaban J connectivity index is 2.55. The molecule has 0 aromatic heterocycles. The number of hydrogen-bond acceptors (Lipinski definition) is 3. The molecule has 4 heteroatoms. The molecular formula is C17H16O4. The van der Waals surface area contributed by atoms with Crippen LogP contribution in [0.2, 0.25) is 0 Å². The van der Waals surface area contributed by atoms with Crippen LogP contribution in [0.15, 0.2) is 36.4 Å². The summed E-state index contributed by atoms with van der Waals surface area (Å²) in [6.07, 6.45) is 0. The summed E-state index contributed by atoms with van der Waals surface area (Å²) in [4.78, 5) is 22.9. The Kier molecular flexibility index (Phi) is 4.08. The standard InChI is InChI=1S/C17H16O4/c1-10-4-6-12(8-14(10)16(18)19)13-7-5-11(2)15(9-13)17(20)21-3/h4-9H,1-3H3,(H,18,19). The van der Waals surface area contributed by atoms with Gasteiger partial charge in [0, 0.05) is 0 Å². The Labute approximate surface area is 123 Å². The number of esters is 1. The predicted molar refractivity (Wildman–Crippen MR) is 79.7 cm³/mol. The van der Waals surface area contributed by atoms with E-state index in [0.717, 1.165) is 16.7 Å². The van der Waals surface area contributed by atoms with Gasteiger partial charge in [-0.2, -0.15) is 0 Å². The number of methoxy groups -OCH3 is 1. The molecule has 0 amide bonds. The van der Waals surface area contributed by atoms with Crippen molar-refractivity contribution in [3.63, 3.8) is 0 Å². The van der Waals surface area contributed by atoms with Gasteiger partial charge in [-0.1, -0.05) is 24.3 Å².